The molecule has 0 amide bonds. The maximum absolute atomic E-state index is 4.87. The van der Waals surface area contributed by atoms with E-state index in [9.17, 15) is 0 Å². The van der Waals surface area contributed by atoms with Crippen LogP contribution in [0.1, 0.15) is 0 Å². The smallest absolute Gasteiger partial charge is 0.166 e. The van der Waals surface area contributed by atoms with E-state index in [4.69, 9.17) is 4.52 Å². The van der Waals surface area contributed by atoms with Gasteiger partial charge in [0.1, 0.15) is 0 Å². The zero-order chi connectivity index (χ0) is 6.10. The Kier molecular flexibility index (Phi) is 1.69. The molecule has 0 fully saturated rings. The molecule has 0 aliphatic rings. The minimum Gasteiger partial charge on any atom is -0.412 e. The second-order valence-corrected chi connectivity index (χ2v) is 1.86. The van der Waals surface area contributed by atoms with Gasteiger partial charge in [-0.15, -0.1) is 0 Å². The van der Waals surface area contributed by atoms with E-state index in [0.29, 0.717) is 0 Å². The molecule has 0 radical (unpaired) electrons. The first-order valence-electron chi connectivity index (χ1n) is 2.76. The molecule has 0 bridgehead atoms. The molecule has 0 unspecified atom stereocenters. The predicted molar refractivity (Wildman–Crippen MR) is 37.6 cm³/mol. The van der Waals surface area contributed by atoms with Crippen molar-refractivity contribution in [2.75, 3.05) is 0 Å². The van der Waals surface area contributed by atoms with Crippen molar-refractivity contribution in [3.05, 3.63) is 30.5 Å². The van der Waals surface area contributed by atoms with Crippen LogP contribution >= 0.6 is 0 Å². The average molecular weight is 137 g/mol. The Hall–Kier alpha value is -1.35. The Labute approximate surface area is 57.6 Å². The van der Waals surface area contributed by atoms with Crippen molar-refractivity contribution in [2.24, 2.45) is 0 Å². The molecule has 1 aromatic carbocycles. The fourth-order valence-electron chi connectivity index (χ4n) is 0.810. The van der Waals surface area contributed by atoms with Gasteiger partial charge in [0.25, 0.3) is 0 Å². The summed E-state index contributed by atoms with van der Waals surface area (Å²) in [4.78, 5) is 0. The molecule has 2 rings (SSSR count). The summed E-state index contributed by atoms with van der Waals surface area (Å²) in [6.45, 7) is 0. The Morgan fingerprint density at radius 2 is 2.00 bits per heavy atom. The van der Waals surface area contributed by atoms with Crippen LogP contribution < -0.4 is 0 Å². The minimum atomic E-state index is 0. The highest BCUT2D eigenvalue weighted by molar-refractivity contribution is 5.75. The molecule has 0 saturated carbocycles. The first kappa shape index (κ1) is 6.77. The molecule has 0 saturated heterocycles. The number of rotatable bonds is 0. The molecule has 3 nitrogen and oxygen atoms in total. The van der Waals surface area contributed by atoms with Crippen LogP contribution in [0.25, 0.3) is 11.0 Å². The molecule has 3 heteroatoms. The number of fused-ring (bicyclic) bond motifs is 1. The van der Waals surface area contributed by atoms with E-state index in [-0.39, 0.29) is 5.48 Å². The number of para-hydroxylation sites is 1. The molecule has 2 N–H and O–H groups in total. The first-order chi connectivity index (χ1) is 4.47. The van der Waals surface area contributed by atoms with Gasteiger partial charge >= 0.3 is 0 Å². The molecule has 0 aliphatic carbocycles. The SMILES string of the molecule is O.c1ccc2oncc2c1. The normalized spacial score (nSPS) is 9.20. The van der Waals surface area contributed by atoms with Crippen LogP contribution in [0, 0.1) is 0 Å². The van der Waals surface area contributed by atoms with Crippen LogP contribution in [0.5, 0.6) is 0 Å². The van der Waals surface area contributed by atoms with E-state index in [2.05, 4.69) is 5.16 Å². The lowest BCUT2D eigenvalue weighted by molar-refractivity contribution is 0.456. The van der Waals surface area contributed by atoms with Gasteiger partial charge in [-0.3, -0.25) is 0 Å². The molecule has 0 atom stereocenters. The van der Waals surface area contributed by atoms with Crippen molar-refractivity contribution in [1.82, 2.24) is 5.16 Å². The highest BCUT2D eigenvalue weighted by atomic mass is 16.5. The van der Waals surface area contributed by atoms with Gasteiger partial charge in [-0.2, -0.15) is 0 Å². The van der Waals surface area contributed by atoms with E-state index in [0.717, 1.165) is 11.0 Å². The highest BCUT2D eigenvalue weighted by Gasteiger charge is 1.91. The fraction of sp³-hybridized carbons (Fsp3) is 0. The van der Waals surface area contributed by atoms with Crippen molar-refractivity contribution in [3.63, 3.8) is 0 Å². The predicted octanol–water partition coefficient (Wildman–Crippen LogP) is 1.00. The van der Waals surface area contributed by atoms with E-state index in [1.54, 1.807) is 6.20 Å². The Bertz CT molecular complexity index is 286. The quantitative estimate of drug-likeness (QED) is 0.544. The third kappa shape index (κ3) is 0.867. The summed E-state index contributed by atoms with van der Waals surface area (Å²) < 4.78 is 4.87. The van der Waals surface area contributed by atoms with Crippen LogP contribution in [-0.4, -0.2) is 10.6 Å². The largest absolute Gasteiger partial charge is 0.412 e. The van der Waals surface area contributed by atoms with Crippen LogP contribution in [0.4, 0.5) is 0 Å². The third-order valence-corrected chi connectivity index (χ3v) is 1.26. The van der Waals surface area contributed by atoms with Crippen LogP contribution in [0.3, 0.4) is 0 Å². The van der Waals surface area contributed by atoms with Crippen LogP contribution in [0.2, 0.25) is 0 Å². The monoisotopic (exact) mass is 137 g/mol. The second-order valence-electron chi connectivity index (χ2n) is 1.86. The van der Waals surface area contributed by atoms with Gasteiger partial charge in [-0.1, -0.05) is 17.3 Å². The number of benzene rings is 1. The van der Waals surface area contributed by atoms with E-state index >= 15 is 0 Å². The lowest BCUT2D eigenvalue weighted by Crippen LogP contribution is -1.57. The molecule has 10 heavy (non-hydrogen) atoms. The van der Waals surface area contributed by atoms with Crippen molar-refractivity contribution in [3.8, 4) is 0 Å². The van der Waals surface area contributed by atoms with Gasteiger partial charge in [-0.25, -0.2) is 0 Å². The fourth-order valence-corrected chi connectivity index (χ4v) is 0.810. The topological polar surface area (TPSA) is 57.5 Å². The van der Waals surface area contributed by atoms with Crippen molar-refractivity contribution in [1.29, 1.82) is 0 Å². The number of hydrogen-bond acceptors (Lipinski definition) is 2. The van der Waals surface area contributed by atoms with Crippen LogP contribution in [-0.2, 0) is 0 Å². The molecule has 0 spiro atoms. The summed E-state index contributed by atoms with van der Waals surface area (Å²) in [6, 6.07) is 7.74. The molecule has 52 valence electrons. The Morgan fingerprint density at radius 3 is 2.80 bits per heavy atom. The highest BCUT2D eigenvalue weighted by Crippen LogP contribution is 2.10. The summed E-state index contributed by atoms with van der Waals surface area (Å²) in [7, 11) is 0. The number of hydrogen-bond donors (Lipinski definition) is 0. The van der Waals surface area contributed by atoms with Gasteiger partial charge in [-0.05, 0) is 12.1 Å². The van der Waals surface area contributed by atoms with E-state index < -0.39 is 0 Å². The van der Waals surface area contributed by atoms with E-state index in [1.165, 1.54) is 0 Å². The van der Waals surface area contributed by atoms with E-state index in [1.807, 2.05) is 24.3 Å². The zero-order valence-electron chi connectivity index (χ0n) is 5.24. The summed E-state index contributed by atoms with van der Waals surface area (Å²) >= 11 is 0. The lowest BCUT2D eigenvalue weighted by atomic mass is 10.3. The van der Waals surface area contributed by atoms with Gasteiger partial charge < -0.3 is 10.00 Å². The average Bonchev–Trinajstić information content (AvgIpc) is 2.33. The molecular formula is C7H7NO2. The zero-order valence-corrected chi connectivity index (χ0v) is 5.24. The molecule has 0 aliphatic heterocycles. The molecule has 2 aromatic rings. The maximum Gasteiger partial charge on any atom is 0.166 e. The van der Waals surface area contributed by atoms with Crippen molar-refractivity contribution >= 4 is 11.0 Å². The van der Waals surface area contributed by atoms with Gasteiger partial charge in [0.05, 0.1) is 6.20 Å². The van der Waals surface area contributed by atoms with Crippen molar-refractivity contribution in [2.45, 2.75) is 0 Å². The molecule has 1 heterocycles. The van der Waals surface area contributed by atoms with Gasteiger partial charge in [0.2, 0.25) is 0 Å². The number of aromatic nitrogens is 1. The minimum absolute atomic E-state index is 0. The molecular weight excluding hydrogens is 130 g/mol. The number of nitrogens with zero attached hydrogens (tertiary/aromatic N) is 1. The summed E-state index contributed by atoms with van der Waals surface area (Å²) in [6.07, 6.45) is 1.70. The summed E-state index contributed by atoms with van der Waals surface area (Å²) in [5, 5.41) is 4.68. The Balaban J connectivity index is 0.000000500. The Morgan fingerprint density at radius 1 is 1.20 bits per heavy atom. The molecule has 1 aromatic heterocycles. The standard InChI is InChI=1S/C7H5NO.H2O/c1-2-4-7-6(3-1)5-8-9-7;/h1-5H;1H2. The van der Waals surface area contributed by atoms with Crippen LogP contribution in [0.15, 0.2) is 35.0 Å². The second kappa shape index (κ2) is 2.49. The lowest BCUT2D eigenvalue weighted by Gasteiger charge is -1.78. The van der Waals surface area contributed by atoms with Crippen molar-refractivity contribution < 1.29 is 10.00 Å². The van der Waals surface area contributed by atoms with Gasteiger partial charge in [0.15, 0.2) is 5.58 Å². The third-order valence-electron chi connectivity index (χ3n) is 1.26. The summed E-state index contributed by atoms with van der Waals surface area (Å²) in [5.41, 5.74) is 0.845. The maximum atomic E-state index is 4.87. The van der Waals surface area contributed by atoms with Gasteiger partial charge in [0, 0.05) is 5.39 Å². The summed E-state index contributed by atoms with van der Waals surface area (Å²) in [5.74, 6) is 0. The first-order valence-corrected chi connectivity index (χ1v) is 2.76.